The molecule has 1 aromatic carbocycles. The molecule has 5 rings (SSSR count). The highest BCUT2D eigenvalue weighted by atomic mass is 35.5. The number of nitrogens with two attached hydrogens (primary N) is 1. The van der Waals surface area contributed by atoms with Gasteiger partial charge in [0, 0.05) is 23.5 Å². The molecule has 1 aliphatic heterocycles. The van der Waals surface area contributed by atoms with Crippen LogP contribution in [0.2, 0.25) is 5.02 Å². The molecule has 1 amide bonds. The molecule has 0 unspecified atom stereocenters. The summed E-state index contributed by atoms with van der Waals surface area (Å²) in [6.07, 6.45) is 5.45. The Bertz CT molecular complexity index is 1330. The number of ether oxygens (including phenoxy) is 1. The first-order valence-corrected chi connectivity index (χ1v) is 11.8. The molecule has 180 valence electrons. The number of nitrogens with zero attached hydrogens (tertiary/aromatic N) is 5. The molecule has 35 heavy (non-hydrogen) atoms. The summed E-state index contributed by atoms with van der Waals surface area (Å²) in [7, 11) is 1.58. The van der Waals surface area contributed by atoms with Gasteiger partial charge in [-0.2, -0.15) is 0 Å². The largest absolute Gasteiger partial charge is 0.481 e. The number of amides is 1. The van der Waals surface area contributed by atoms with Gasteiger partial charge in [-0.15, -0.1) is 5.10 Å². The van der Waals surface area contributed by atoms with Crippen LogP contribution < -0.4 is 15.8 Å². The lowest BCUT2D eigenvalue weighted by molar-refractivity contribution is -0.119. The van der Waals surface area contributed by atoms with E-state index in [9.17, 15) is 4.79 Å². The second-order valence-electron chi connectivity index (χ2n) is 8.61. The van der Waals surface area contributed by atoms with Gasteiger partial charge in [-0.1, -0.05) is 23.7 Å². The number of primary amides is 1. The van der Waals surface area contributed by atoms with E-state index >= 15 is 0 Å². The van der Waals surface area contributed by atoms with Crippen molar-refractivity contribution in [3.05, 3.63) is 65.4 Å². The number of hydrogen-bond acceptors (Lipinski definition) is 7. The number of likely N-dealkylation sites (tertiary alicyclic amines) is 1. The smallest absolute Gasteiger partial charge is 0.245 e. The number of piperidine rings is 1. The Kier molecular flexibility index (Phi) is 6.52. The Morgan fingerprint density at radius 1 is 1.14 bits per heavy atom. The van der Waals surface area contributed by atoms with Crippen LogP contribution >= 0.6 is 11.6 Å². The molecule has 1 fully saturated rings. The highest BCUT2D eigenvalue weighted by Crippen LogP contribution is 2.31. The Hall–Kier alpha value is -3.69. The summed E-state index contributed by atoms with van der Waals surface area (Å²) in [6.45, 7) is 2.10. The van der Waals surface area contributed by atoms with Gasteiger partial charge < -0.3 is 15.8 Å². The Balaban J connectivity index is 1.31. The van der Waals surface area contributed by atoms with Crippen LogP contribution in [0.25, 0.3) is 16.8 Å². The van der Waals surface area contributed by atoms with Crippen LogP contribution in [0.15, 0.2) is 54.9 Å². The summed E-state index contributed by atoms with van der Waals surface area (Å²) >= 11 is 6.43. The molecule has 0 bridgehead atoms. The van der Waals surface area contributed by atoms with Crippen molar-refractivity contribution in [2.75, 3.05) is 32.1 Å². The van der Waals surface area contributed by atoms with Gasteiger partial charge in [0.15, 0.2) is 0 Å². The molecule has 3 N–H and O–H groups in total. The molecular formula is C25H26ClN7O2. The van der Waals surface area contributed by atoms with Gasteiger partial charge in [-0.3, -0.25) is 9.69 Å². The van der Waals surface area contributed by atoms with E-state index in [1.807, 2.05) is 24.3 Å². The lowest BCUT2D eigenvalue weighted by atomic mass is 9.89. The van der Waals surface area contributed by atoms with Crippen molar-refractivity contribution in [1.29, 1.82) is 0 Å². The first kappa shape index (κ1) is 23.1. The van der Waals surface area contributed by atoms with Crippen LogP contribution in [-0.2, 0) is 4.79 Å². The van der Waals surface area contributed by atoms with E-state index in [1.54, 1.807) is 30.1 Å². The van der Waals surface area contributed by atoms with Gasteiger partial charge in [-0.05, 0) is 61.7 Å². The molecule has 1 aliphatic rings. The molecule has 4 aromatic rings. The molecular weight excluding hydrogens is 466 g/mol. The number of rotatable bonds is 7. The summed E-state index contributed by atoms with van der Waals surface area (Å²) in [5, 5.41) is 8.51. The summed E-state index contributed by atoms with van der Waals surface area (Å²) in [5.41, 5.74) is 9.88. The number of pyridine rings is 1. The predicted molar refractivity (Wildman–Crippen MR) is 135 cm³/mol. The van der Waals surface area contributed by atoms with Crippen LogP contribution in [0.4, 0.5) is 11.6 Å². The molecule has 10 heteroatoms. The van der Waals surface area contributed by atoms with Crippen LogP contribution in [0, 0.1) is 0 Å². The Morgan fingerprint density at radius 3 is 2.57 bits per heavy atom. The summed E-state index contributed by atoms with van der Waals surface area (Å²) < 4.78 is 6.91. The van der Waals surface area contributed by atoms with Crippen molar-refractivity contribution in [2.45, 2.75) is 18.8 Å². The number of fused-ring (bicyclic) bond motifs is 1. The molecule has 0 aliphatic carbocycles. The highest BCUT2D eigenvalue weighted by Gasteiger charge is 2.21. The number of halogens is 1. The number of carbonyl (C=O) groups excluding carboxylic acids is 1. The third-order valence-corrected chi connectivity index (χ3v) is 6.62. The molecule has 0 saturated carbocycles. The number of anilines is 2. The van der Waals surface area contributed by atoms with E-state index in [1.165, 1.54) is 5.56 Å². The van der Waals surface area contributed by atoms with Gasteiger partial charge in [0.1, 0.15) is 5.52 Å². The van der Waals surface area contributed by atoms with Crippen molar-refractivity contribution in [2.24, 2.45) is 5.73 Å². The molecule has 0 atom stereocenters. The maximum absolute atomic E-state index is 11.1. The van der Waals surface area contributed by atoms with Crippen molar-refractivity contribution >= 4 is 34.7 Å². The first-order chi connectivity index (χ1) is 17.0. The summed E-state index contributed by atoms with van der Waals surface area (Å²) in [5.74, 6) is 1.20. The first-order valence-electron chi connectivity index (χ1n) is 11.4. The monoisotopic (exact) mass is 491 g/mol. The average molecular weight is 492 g/mol. The molecule has 0 spiro atoms. The lowest BCUT2D eigenvalue weighted by Crippen LogP contribution is -2.39. The number of hydrogen-bond donors (Lipinski definition) is 2. The highest BCUT2D eigenvalue weighted by molar-refractivity contribution is 6.34. The minimum Gasteiger partial charge on any atom is -0.481 e. The third-order valence-electron chi connectivity index (χ3n) is 6.31. The van der Waals surface area contributed by atoms with E-state index in [-0.39, 0.29) is 5.91 Å². The minimum atomic E-state index is -0.269. The van der Waals surface area contributed by atoms with E-state index < -0.39 is 0 Å². The number of nitrogens with one attached hydrogen (secondary N) is 1. The molecule has 0 radical (unpaired) electrons. The zero-order valence-electron chi connectivity index (χ0n) is 19.3. The van der Waals surface area contributed by atoms with Gasteiger partial charge in [0.05, 0.1) is 30.6 Å². The normalized spacial score (nSPS) is 14.8. The molecule has 3 aromatic heterocycles. The summed E-state index contributed by atoms with van der Waals surface area (Å²) in [4.78, 5) is 22.0. The Morgan fingerprint density at radius 2 is 1.91 bits per heavy atom. The van der Waals surface area contributed by atoms with Gasteiger partial charge in [0.25, 0.3) is 0 Å². The fourth-order valence-corrected chi connectivity index (χ4v) is 4.71. The summed E-state index contributed by atoms with van der Waals surface area (Å²) in [6, 6.07) is 13.9. The molecule has 9 nitrogen and oxygen atoms in total. The van der Waals surface area contributed by atoms with Crippen molar-refractivity contribution < 1.29 is 9.53 Å². The average Bonchev–Trinajstić information content (AvgIpc) is 3.20. The van der Waals surface area contributed by atoms with Crippen LogP contribution in [0.1, 0.15) is 24.3 Å². The zero-order valence-corrected chi connectivity index (χ0v) is 20.1. The van der Waals surface area contributed by atoms with E-state index in [0.717, 1.165) is 42.9 Å². The van der Waals surface area contributed by atoms with Crippen LogP contribution in [0.3, 0.4) is 0 Å². The number of aromatic nitrogens is 4. The number of methoxy groups -OCH3 is 1. The maximum Gasteiger partial charge on any atom is 0.245 e. The second-order valence-corrected chi connectivity index (χ2v) is 9.02. The number of carbonyl (C=O) groups is 1. The Labute approximate surface area is 207 Å². The van der Waals surface area contributed by atoms with Gasteiger partial charge in [0.2, 0.25) is 17.7 Å². The minimum absolute atomic E-state index is 0.269. The van der Waals surface area contributed by atoms with Crippen molar-refractivity contribution in [1.82, 2.24) is 24.5 Å². The van der Waals surface area contributed by atoms with Crippen molar-refractivity contribution in [3.63, 3.8) is 0 Å². The van der Waals surface area contributed by atoms with Gasteiger partial charge in [-0.25, -0.2) is 14.5 Å². The topological polar surface area (TPSA) is 111 Å². The lowest BCUT2D eigenvalue weighted by Gasteiger charge is -2.31. The zero-order chi connectivity index (χ0) is 24.4. The van der Waals surface area contributed by atoms with Crippen molar-refractivity contribution in [3.8, 4) is 17.1 Å². The number of benzene rings is 1. The van der Waals surface area contributed by atoms with Crippen LogP contribution in [-0.4, -0.2) is 57.1 Å². The fourth-order valence-electron chi connectivity index (χ4n) is 4.48. The molecule has 4 heterocycles. The second kappa shape index (κ2) is 9.89. The van der Waals surface area contributed by atoms with Gasteiger partial charge >= 0.3 is 0 Å². The standard InChI is InChI=1S/C25H26ClN7O2/c1-35-24-7-4-18(13-28-24)21-12-20(26)22-14-29-25(31-33(21)22)30-19-5-2-16(3-6-19)17-8-10-32(11-9-17)15-23(27)34/h2-7,12-14,17H,8-11,15H2,1H3,(H2,27,34)(H,30,31). The predicted octanol–water partition coefficient (Wildman–Crippen LogP) is 3.86. The van der Waals surface area contributed by atoms with E-state index in [2.05, 4.69) is 37.4 Å². The molecule has 1 saturated heterocycles. The van der Waals surface area contributed by atoms with E-state index in [4.69, 9.17) is 22.1 Å². The SMILES string of the molecule is COc1ccc(-c2cc(Cl)c3cnc(Nc4ccc(C5CCN(CC(N)=O)CC5)cc4)nn23)cn1. The van der Waals surface area contributed by atoms with E-state index in [0.29, 0.717) is 34.8 Å². The fraction of sp³-hybridized carbons (Fsp3) is 0.280. The maximum atomic E-state index is 11.1. The quantitative estimate of drug-likeness (QED) is 0.403. The third kappa shape index (κ3) is 5.06. The van der Waals surface area contributed by atoms with Crippen LogP contribution in [0.5, 0.6) is 5.88 Å².